The second kappa shape index (κ2) is 7.24. The second-order valence-corrected chi connectivity index (χ2v) is 4.70. The van der Waals surface area contributed by atoms with Crippen molar-refractivity contribution in [2.24, 2.45) is 0 Å². The molecule has 13 heavy (non-hydrogen) atoms. The molecular weight excluding hydrogens is 294 g/mol. The molecule has 3 heteroatoms. The summed E-state index contributed by atoms with van der Waals surface area (Å²) < 4.78 is 0. The van der Waals surface area contributed by atoms with Crippen LogP contribution in [0.15, 0.2) is 0 Å². The van der Waals surface area contributed by atoms with Gasteiger partial charge in [-0.25, -0.2) is 0 Å². The Hall–Kier alpha value is 0.920. The van der Waals surface area contributed by atoms with Gasteiger partial charge in [-0.05, 0) is 39.7 Å². The molecule has 1 saturated heterocycles. The zero-order valence-corrected chi connectivity index (χ0v) is 11.9. The number of nitrogens with zero attached hydrogens (tertiary/aromatic N) is 1. The minimum Gasteiger partial charge on any atom is -0.298 e. The normalized spacial score (nSPS) is 29.8. The summed E-state index contributed by atoms with van der Waals surface area (Å²) in [4.78, 5) is 2.66. The maximum absolute atomic E-state index is 3.49. The van der Waals surface area contributed by atoms with E-state index in [1.807, 2.05) is 0 Å². The molecule has 0 aliphatic carbocycles. The number of likely N-dealkylation sites (tertiary alicyclic amines) is 1. The van der Waals surface area contributed by atoms with Gasteiger partial charge in [-0.2, -0.15) is 0 Å². The van der Waals surface area contributed by atoms with Crippen LogP contribution in [0.3, 0.4) is 0 Å². The highest BCUT2D eigenvalue weighted by Crippen LogP contribution is 2.22. The van der Waals surface area contributed by atoms with Gasteiger partial charge in [0.15, 0.2) is 0 Å². The van der Waals surface area contributed by atoms with Crippen molar-refractivity contribution in [1.82, 2.24) is 4.90 Å². The fourth-order valence-electron chi connectivity index (χ4n) is 2.16. The summed E-state index contributed by atoms with van der Waals surface area (Å²) >= 11 is 3.49. The minimum atomic E-state index is 0. The lowest BCUT2D eigenvalue weighted by Crippen LogP contribution is -2.44. The summed E-state index contributed by atoms with van der Waals surface area (Å²) in [6, 6.07) is 1.63. The van der Waals surface area contributed by atoms with Crippen LogP contribution < -0.4 is 0 Å². The van der Waals surface area contributed by atoms with Crippen molar-refractivity contribution in [3.63, 3.8) is 0 Å². The molecule has 0 N–H and O–H groups in total. The van der Waals surface area contributed by atoms with Crippen LogP contribution in [0.2, 0.25) is 0 Å². The predicted molar refractivity (Wildman–Crippen MR) is 68.2 cm³/mol. The van der Waals surface area contributed by atoms with Gasteiger partial charge in [-0.3, -0.25) is 4.90 Å². The topological polar surface area (TPSA) is 3.24 Å². The number of alkyl halides is 1. The lowest BCUT2D eigenvalue weighted by molar-refractivity contribution is 0.104. The minimum absolute atomic E-state index is 0. The van der Waals surface area contributed by atoms with Crippen LogP contribution in [-0.2, 0) is 0 Å². The summed E-state index contributed by atoms with van der Waals surface area (Å²) in [6.45, 7) is 6.00. The van der Waals surface area contributed by atoms with Crippen molar-refractivity contribution >= 4 is 32.9 Å². The molecule has 1 nitrogen and oxygen atoms in total. The van der Waals surface area contributed by atoms with Crippen molar-refractivity contribution in [2.75, 3.05) is 11.9 Å². The lowest BCUT2D eigenvalue weighted by Gasteiger charge is -2.38. The fourth-order valence-corrected chi connectivity index (χ4v) is 2.41. The molecule has 80 valence electrons. The van der Waals surface area contributed by atoms with E-state index in [4.69, 9.17) is 0 Å². The molecule has 0 aromatic heterocycles. The molecule has 0 radical (unpaired) electrons. The van der Waals surface area contributed by atoms with Crippen LogP contribution >= 0.6 is 32.9 Å². The Morgan fingerprint density at radius 3 is 2.23 bits per heavy atom. The molecule has 1 aliphatic heterocycles. The number of hydrogen-bond donors (Lipinski definition) is 0. The maximum atomic E-state index is 3.49. The first-order chi connectivity index (χ1) is 5.75. The Morgan fingerprint density at radius 2 is 1.77 bits per heavy atom. The Balaban J connectivity index is 0.00000144. The van der Waals surface area contributed by atoms with Crippen molar-refractivity contribution < 1.29 is 0 Å². The van der Waals surface area contributed by atoms with E-state index >= 15 is 0 Å². The zero-order chi connectivity index (χ0) is 8.97. The SMILES string of the molecule is Br.CC1CCCC(C)N1CCCBr. The summed E-state index contributed by atoms with van der Waals surface area (Å²) in [6.07, 6.45) is 5.50. The van der Waals surface area contributed by atoms with Crippen LogP contribution in [0.5, 0.6) is 0 Å². The van der Waals surface area contributed by atoms with Gasteiger partial charge in [0.25, 0.3) is 0 Å². The zero-order valence-electron chi connectivity index (χ0n) is 8.63. The van der Waals surface area contributed by atoms with Gasteiger partial charge in [0, 0.05) is 17.4 Å². The fraction of sp³-hybridized carbons (Fsp3) is 1.00. The van der Waals surface area contributed by atoms with Gasteiger partial charge in [-0.1, -0.05) is 22.4 Å². The third-order valence-electron chi connectivity index (χ3n) is 2.93. The van der Waals surface area contributed by atoms with Gasteiger partial charge in [0.2, 0.25) is 0 Å². The molecule has 0 aromatic carbocycles. The average molecular weight is 315 g/mol. The molecule has 2 unspecified atom stereocenters. The van der Waals surface area contributed by atoms with Crippen molar-refractivity contribution in [1.29, 1.82) is 0 Å². The number of halogens is 2. The maximum Gasteiger partial charge on any atom is 0.00697 e. The van der Waals surface area contributed by atoms with E-state index < -0.39 is 0 Å². The Morgan fingerprint density at radius 1 is 1.23 bits per heavy atom. The van der Waals surface area contributed by atoms with Gasteiger partial charge < -0.3 is 0 Å². The molecular formula is C10H21Br2N. The molecule has 1 heterocycles. The third-order valence-corrected chi connectivity index (χ3v) is 3.49. The van der Waals surface area contributed by atoms with Gasteiger partial charge in [0.1, 0.15) is 0 Å². The average Bonchev–Trinajstić information content (AvgIpc) is 2.04. The van der Waals surface area contributed by atoms with E-state index in [1.165, 1.54) is 32.2 Å². The lowest BCUT2D eigenvalue weighted by atomic mass is 9.97. The second-order valence-electron chi connectivity index (χ2n) is 3.91. The molecule has 2 atom stereocenters. The highest BCUT2D eigenvalue weighted by atomic mass is 79.9. The summed E-state index contributed by atoms with van der Waals surface area (Å²) in [5.74, 6) is 0. The Bertz CT molecular complexity index is 120. The van der Waals surface area contributed by atoms with Gasteiger partial charge in [0.05, 0.1) is 0 Å². The molecule has 1 rings (SSSR count). The van der Waals surface area contributed by atoms with E-state index in [0.29, 0.717) is 0 Å². The van der Waals surface area contributed by atoms with Crippen LogP contribution in [0.25, 0.3) is 0 Å². The van der Waals surface area contributed by atoms with Crippen LogP contribution in [0.1, 0.15) is 39.5 Å². The number of rotatable bonds is 3. The van der Waals surface area contributed by atoms with Crippen molar-refractivity contribution in [3.05, 3.63) is 0 Å². The first-order valence-corrected chi connectivity index (χ1v) is 6.19. The monoisotopic (exact) mass is 313 g/mol. The van der Waals surface area contributed by atoms with Gasteiger partial charge in [-0.15, -0.1) is 17.0 Å². The predicted octanol–water partition coefficient (Wildman–Crippen LogP) is 3.61. The smallest absolute Gasteiger partial charge is 0.00697 e. The van der Waals surface area contributed by atoms with Gasteiger partial charge >= 0.3 is 0 Å². The van der Waals surface area contributed by atoms with Crippen LogP contribution in [0, 0.1) is 0 Å². The quantitative estimate of drug-likeness (QED) is 0.719. The molecule has 0 saturated carbocycles. The first-order valence-electron chi connectivity index (χ1n) is 5.07. The Kier molecular flexibility index (Phi) is 7.76. The summed E-state index contributed by atoms with van der Waals surface area (Å²) in [7, 11) is 0. The van der Waals surface area contributed by atoms with E-state index in [-0.39, 0.29) is 17.0 Å². The number of hydrogen-bond acceptors (Lipinski definition) is 1. The third kappa shape index (κ3) is 4.30. The molecule has 0 bridgehead atoms. The van der Waals surface area contributed by atoms with E-state index in [2.05, 4.69) is 34.7 Å². The van der Waals surface area contributed by atoms with Crippen LogP contribution in [0.4, 0.5) is 0 Å². The highest BCUT2D eigenvalue weighted by molar-refractivity contribution is 9.09. The standard InChI is InChI=1S/C10H20BrN.BrH/c1-9-5-3-6-10(2)12(9)8-4-7-11;/h9-10H,3-8H2,1-2H3;1H. The van der Waals surface area contributed by atoms with E-state index in [1.54, 1.807) is 0 Å². The van der Waals surface area contributed by atoms with Crippen LogP contribution in [-0.4, -0.2) is 28.9 Å². The molecule has 0 spiro atoms. The highest BCUT2D eigenvalue weighted by Gasteiger charge is 2.23. The van der Waals surface area contributed by atoms with E-state index in [0.717, 1.165) is 17.4 Å². The molecule has 1 aliphatic rings. The summed E-state index contributed by atoms with van der Waals surface area (Å²) in [5, 5.41) is 1.14. The number of piperidine rings is 1. The molecule has 1 fully saturated rings. The molecule has 0 amide bonds. The summed E-state index contributed by atoms with van der Waals surface area (Å²) in [5.41, 5.74) is 0. The first kappa shape index (κ1) is 13.9. The Labute approximate surface area is 101 Å². The largest absolute Gasteiger partial charge is 0.298 e. The molecule has 0 aromatic rings. The van der Waals surface area contributed by atoms with E-state index in [9.17, 15) is 0 Å². The van der Waals surface area contributed by atoms with Crippen molar-refractivity contribution in [2.45, 2.75) is 51.6 Å². The van der Waals surface area contributed by atoms with Crippen molar-refractivity contribution in [3.8, 4) is 0 Å².